The number of amides is 2. The van der Waals surface area contributed by atoms with E-state index in [1.807, 2.05) is 0 Å². The SMILES string of the molecule is CC(C)(C)OC(=O)NCC(=O)CCCCOCCOCCOCCCNC(=O)CCC(=O)O. The van der Waals surface area contributed by atoms with Crippen molar-refractivity contribution in [1.29, 1.82) is 0 Å². The van der Waals surface area contributed by atoms with Gasteiger partial charge in [-0.1, -0.05) is 0 Å². The van der Waals surface area contributed by atoms with Gasteiger partial charge in [0.15, 0.2) is 5.78 Å². The van der Waals surface area contributed by atoms with Crippen molar-refractivity contribution in [3.05, 3.63) is 0 Å². The lowest BCUT2D eigenvalue weighted by Gasteiger charge is -2.19. The fraction of sp³-hybridized carbons (Fsp3) is 0.818. The Balaban J connectivity index is 3.32. The fourth-order valence-electron chi connectivity index (χ4n) is 2.35. The average molecular weight is 477 g/mol. The van der Waals surface area contributed by atoms with Gasteiger partial charge in [0.1, 0.15) is 5.60 Å². The summed E-state index contributed by atoms with van der Waals surface area (Å²) >= 11 is 0. The number of hydrogen-bond donors (Lipinski definition) is 3. The summed E-state index contributed by atoms with van der Waals surface area (Å²) in [5.41, 5.74) is -0.589. The second kappa shape index (κ2) is 19.2. The second-order valence-electron chi connectivity index (χ2n) is 8.29. The Morgan fingerprint density at radius 1 is 0.727 bits per heavy atom. The molecular weight excluding hydrogens is 436 g/mol. The number of nitrogens with one attached hydrogen (secondary N) is 2. The Morgan fingerprint density at radius 3 is 1.88 bits per heavy atom. The van der Waals surface area contributed by atoms with E-state index in [2.05, 4.69) is 10.6 Å². The van der Waals surface area contributed by atoms with Crippen LogP contribution in [-0.4, -0.2) is 87.2 Å². The van der Waals surface area contributed by atoms with E-state index >= 15 is 0 Å². The lowest BCUT2D eigenvalue weighted by Crippen LogP contribution is -2.35. The molecule has 0 bridgehead atoms. The summed E-state index contributed by atoms with van der Waals surface area (Å²) in [6, 6.07) is 0. The highest BCUT2D eigenvalue weighted by atomic mass is 16.6. The van der Waals surface area contributed by atoms with Crippen LogP contribution in [0.15, 0.2) is 0 Å². The summed E-state index contributed by atoms with van der Waals surface area (Å²) in [6.45, 7) is 8.47. The summed E-state index contributed by atoms with van der Waals surface area (Å²) in [7, 11) is 0. The molecule has 0 saturated heterocycles. The van der Waals surface area contributed by atoms with Crippen molar-refractivity contribution in [2.75, 3.05) is 52.7 Å². The zero-order valence-corrected chi connectivity index (χ0v) is 20.1. The molecule has 0 aromatic carbocycles. The van der Waals surface area contributed by atoms with Gasteiger partial charge in [-0.15, -0.1) is 0 Å². The molecule has 0 aliphatic heterocycles. The number of alkyl carbamates (subject to hydrolysis) is 1. The first-order valence-electron chi connectivity index (χ1n) is 11.3. The molecule has 0 atom stereocenters. The minimum Gasteiger partial charge on any atom is -0.481 e. The van der Waals surface area contributed by atoms with Crippen molar-refractivity contribution < 1.29 is 43.2 Å². The maximum absolute atomic E-state index is 11.7. The molecule has 0 fully saturated rings. The first-order chi connectivity index (χ1) is 15.6. The predicted octanol–water partition coefficient (Wildman–Crippen LogP) is 1.67. The highest BCUT2D eigenvalue weighted by molar-refractivity contribution is 5.84. The van der Waals surface area contributed by atoms with Crippen molar-refractivity contribution in [2.24, 2.45) is 0 Å². The van der Waals surface area contributed by atoms with Crippen LogP contribution in [-0.2, 0) is 33.3 Å². The average Bonchev–Trinajstić information content (AvgIpc) is 2.72. The number of aliphatic carboxylic acids is 1. The Kier molecular flexibility index (Phi) is 17.9. The van der Waals surface area contributed by atoms with Gasteiger partial charge in [-0.05, 0) is 40.0 Å². The number of unbranched alkanes of at least 4 members (excludes halogenated alkanes) is 1. The summed E-state index contributed by atoms with van der Waals surface area (Å²) < 4.78 is 21.3. The number of rotatable bonds is 20. The molecule has 0 unspecified atom stereocenters. The molecule has 0 aliphatic carbocycles. The third kappa shape index (κ3) is 24.2. The zero-order chi connectivity index (χ0) is 25.0. The number of carbonyl (C=O) groups is 4. The molecule has 0 aromatic heterocycles. The molecule has 11 nitrogen and oxygen atoms in total. The number of ketones is 1. The van der Waals surface area contributed by atoms with Crippen molar-refractivity contribution in [2.45, 2.75) is 64.9 Å². The van der Waals surface area contributed by atoms with Crippen LogP contribution in [0, 0.1) is 0 Å². The first kappa shape index (κ1) is 30.8. The Labute approximate surface area is 195 Å². The molecule has 0 spiro atoms. The molecular formula is C22H40N2O9. The number of carbonyl (C=O) groups excluding carboxylic acids is 3. The van der Waals surface area contributed by atoms with Crippen LogP contribution in [0.1, 0.15) is 59.3 Å². The van der Waals surface area contributed by atoms with Gasteiger partial charge in [0, 0.05) is 32.6 Å². The summed E-state index contributed by atoms with van der Waals surface area (Å²) in [5, 5.41) is 13.6. The quantitative estimate of drug-likeness (QED) is 0.223. The van der Waals surface area contributed by atoms with Gasteiger partial charge in [0.2, 0.25) is 5.91 Å². The highest BCUT2D eigenvalue weighted by Gasteiger charge is 2.16. The summed E-state index contributed by atoms with van der Waals surface area (Å²) in [5.74, 6) is -1.32. The lowest BCUT2D eigenvalue weighted by atomic mass is 10.2. The predicted molar refractivity (Wildman–Crippen MR) is 120 cm³/mol. The lowest BCUT2D eigenvalue weighted by molar-refractivity contribution is -0.138. The minimum atomic E-state index is -0.989. The van der Waals surface area contributed by atoms with Crippen LogP contribution in [0.4, 0.5) is 4.79 Å². The number of hydrogen-bond acceptors (Lipinski definition) is 8. The van der Waals surface area contributed by atoms with Crippen LogP contribution < -0.4 is 10.6 Å². The number of ether oxygens (including phenoxy) is 4. The van der Waals surface area contributed by atoms with Crippen molar-refractivity contribution in [3.63, 3.8) is 0 Å². The van der Waals surface area contributed by atoms with E-state index in [4.69, 9.17) is 24.1 Å². The largest absolute Gasteiger partial charge is 0.481 e. The summed E-state index contributed by atoms with van der Waals surface area (Å²) in [4.78, 5) is 44.9. The topological polar surface area (TPSA) is 149 Å². The van der Waals surface area contributed by atoms with E-state index in [1.165, 1.54) is 0 Å². The van der Waals surface area contributed by atoms with E-state index in [-0.39, 0.29) is 31.1 Å². The molecule has 0 heterocycles. The van der Waals surface area contributed by atoms with Crippen LogP contribution in [0.2, 0.25) is 0 Å². The molecule has 0 radical (unpaired) electrons. The van der Waals surface area contributed by atoms with Crippen LogP contribution in [0.3, 0.4) is 0 Å². The van der Waals surface area contributed by atoms with Gasteiger partial charge in [-0.25, -0.2) is 4.79 Å². The highest BCUT2D eigenvalue weighted by Crippen LogP contribution is 2.06. The third-order valence-corrected chi connectivity index (χ3v) is 3.92. The number of carboxylic acids is 1. The molecule has 0 aromatic rings. The normalized spacial score (nSPS) is 11.1. The third-order valence-electron chi connectivity index (χ3n) is 3.92. The van der Waals surface area contributed by atoms with Gasteiger partial charge in [0.25, 0.3) is 0 Å². The van der Waals surface area contributed by atoms with E-state index in [0.29, 0.717) is 65.4 Å². The van der Waals surface area contributed by atoms with Gasteiger partial charge in [-0.3, -0.25) is 14.4 Å². The van der Waals surface area contributed by atoms with Crippen LogP contribution in [0.25, 0.3) is 0 Å². The molecule has 0 aliphatic rings. The van der Waals surface area contributed by atoms with Gasteiger partial charge < -0.3 is 34.7 Å². The Bertz CT molecular complexity index is 577. The zero-order valence-electron chi connectivity index (χ0n) is 20.1. The maximum Gasteiger partial charge on any atom is 0.408 e. The fourth-order valence-corrected chi connectivity index (χ4v) is 2.35. The smallest absolute Gasteiger partial charge is 0.408 e. The monoisotopic (exact) mass is 476 g/mol. The minimum absolute atomic E-state index is 0.0163. The molecule has 3 N–H and O–H groups in total. The molecule has 0 saturated carbocycles. The van der Waals surface area contributed by atoms with Gasteiger partial charge in [0.05, 0.1) is 39.4 Å². The number of carboxylic acid groups (broad SMARTS) is 1. The molecule has 33 heavy (non-hydrogen) atoms. The Hall–Kier alpha value is -2.24. The van der Waals surface area contributed by atoms with Crippen molar-refractivity contribution >= 4 is 23.8 Å². The van der Waals surface area contributed by atoms with E-state index < -0.39 is 17.7 Å². The van der Waals surface area contributed by atoms with E-state index in [9.17, 15) is 19.2 Å². The van der Waals surface area contributed by atoms with Crippen molar-refractivity contribution in [1.82, 2.24) is 10.6 Å². The molecule has 192 valence electrons. The maximum atomic E-state index is 11.7. The van der Waals surface area contributed by atoms with Crippen LogP contribution >= 0.6 is 0 Å². The second-order valence-corrected chi connectivity index (χ2v) is 8.29. The van der Waals surface area contributed by atoms with Crippen molar-refractivity contribution in [3.8, 4) is 0 Å². The molecule has 2 amide bonds. The van der Waals surface area contributed by atoms with E-state index in [1.54, 1.807) is 20.8 Å². The summed E-state index contributed by atoms with van der Waals surface area (Å²) in [6.07, 6.45) is 1.66. The molecule has 0 rings (SSSR count). The Morgan fingerprint density at radius 2 is 1.30 bits per heavy atom. The molecule has 11 heteroatoms. The van der Waals surface area contributed by atoms with Crippen LogP contribution in [0.5, 0.6) is 0 Å². The standard InChI is InChI=1S/C22H40N2O9/c1-22(2,3)33-21(29)24-17-18(25)7-4-5-11-30-13-15-32-16-14-31-12-6-10-23-19(26)8-9-20(27)28/h4-17H2,1-3H3,(H,23,26)(H,24,29)(H,27,28). The first-order valence-corrected chi connectivity index (χ1v) is 11.3. The van der Waals surface area contributed by atoms with Gasteiger partial charge in [-0.2, -0.15) is 0 Å². The van der Waals surface area contributed by atoms with E-state index in [0.717, 1.165) is 6.42 Å². The number of Topliss-reactive ketones (excluding diaryl/α,β-unsaturated/α-hetero) is 1. The van der Waals surface area contributed by atoms with Gasteiger partial charge >= 0.3 is 12.1 Å².